The average Bonchev–Trinajstić information content (AvgIpc) is 2.62. The van der Waals surface area contributed by atoms with Crippen molar-refractivity contribution < 1.29 is 38.0 Å². The minimum absolute atomic E-state index is 0.256. The fourth-order valence-corrected chi connectivity index (χ4v) is 1.95. The Morgan fingerprint density at radius 1 is 0.444 bits per heavy atom. The molecule has 8 heteroatoms. The minimum atomic E-state index is -0.256. The van der Waals surface area contributed by atoms with E-state index < -0.39 is 0 Å². The number of carbonyl (C=O) groups excluding carboxylic acids is 2. The van der Waals surface area contributed by atoms with Gasteiger partial charge in [-0.05, 0) is 19.3 Å². The predicted molar refractivity (Wildman–Crippen MR) is 99.6 cm³/mol. The molecule has 0 aliphatic rings. The fraction of sp³-hybridized carbons (Fsp3) is 0.895. The van der Waals surface area contributed by atoms with Gasteiger partial charge in [0.25, 0.3) is 0 Å². The second kappa shape index (κ2) is 21.1. The van der Waals surface area contributed by atoms with Crippen LogP contribution >= 0.6 is 0 Å². The van der Waals surface area contributed by atoms with E-state index in [1.807, 2.05) is 0 Å². The lowest BCUT2D eigenvalue weighted by molar-refractivity contribution is -0.142. The Morgan fingerprint density at radius 2 is 0.667 bits per heavy atom. The van der Waals surface area contributed by atoms with Crippen molar-refractivity contribution in [1.29, 1.82) is 0 Å². The Balaban J connectivity index is 3.01. The maximum Gasteiger partial charge on any atom is 0.302 e. The zero-order valence-electron chi connectivity index (χ0n) is 16.9. The summed E-state index contributed by atoms with van der Waals surface area (Å²) in [4.78, 5) is 21.1. The lowest BCUT2D eigenvalue weighted by atomic mass is 10.4. The summed E-state index contributed by atoms with van der Waals surface area (Å²) in [6.07, 6.45) is 4.01. The molecule has 0 N–H and O–H groups in total. The van der Waals surface area contributed by atoms with E-state index in [1.54, 1.807) is 0 Å². The van der Waals surface area contributed by atoms with Crippen molar-refractivity contribution in [2.24, 2.45) is 0 Å². The van der Waals surface area contributed by atoms with Crippen molar-refractivity contribution >= 4 is 11.9 Å². The molecule has 0 unspecified atom stereocenters. The lowest BCUT2D eigenvalue weighted by Gasteiger charge is -2.07. The van der Waals surface area contributed by atoms with Gasteiger partial charge in [0, 0.05) is 79.5 Å². The second-order valence-corrected chi connectivity index (χ2v) is 5.90. The number of rotatable bonds is 20. The summed E-state index contributed by atoms with van der Waals surface area (Å²) < 4.78 is 31.4. The molecular weight excluding hydrogens is 356 g/mol. The van der Waals surface area contributed by atoms with Crippen LogP contribution in [0.4, 0.5) is 0 Å². The standard InChI is InChI=1S/C19H36O8/c1-18(20)26-16-6-14-24-12-4-10-22-8-3-9-23-11-5-13-25-15-7-17-27-19(2)21/h3-17H2,1-2H3. The predicted octanol–water partition coefficient (Wildman–Crippen LogP) is 2.13. The van der Waals surface area contributed by atoms with E-state index in [-0.39, 0.29) is 11.9 Å². The van der Waals surface area contributed by atoms with Gasteiger partial charge in [0.1, 0.15) is 0 Å². The van der Waals surface area contributed by atoms with Crippen molar-refractivity contribution in [1.82, 2.24) is 0 Å². The van der Waals surface area contributed by atoms with E-state index in [1.165, 1.54) is 13.8 Å². The van der Waals surface area contributed by atoms with E-state index in [2.05, 4.69) is 0 Å². The number of hydrogen-bond donors (Lipinski definition) is 0. The van der Waals surface area contributed by atoms with Gasteiger partial charge in [0.2, 0.25) is 0 Å². The highest BCUT2D eigenvalue weighted by molar-refractivity contribution is 5.66. The molecule has 8 nitrogen and oxygen atoms in total. The van der Waals surface area contributed by atoms with Crippen LogP contribution in [0.3, 0.4) is 0 Å². The van der Waals surface area contributed by atoms with Crippen molar-refractivity contribution in [2.75, 3.05) is 66.1 Å². The van der Waals surface area contributed by atoms with Gasteiger partial charge >= 0.3 is 11.9 Å². The van der Waals surface area contributed by atoms with Gasteiger partial charge in [-0.3, -0.25) is 9.59 Å². The molecular formula is C19H36O8. The molecule has 0 amide bonds. The highest BCUT2D eigenvalue weighted by Crippen LogP contribution is 1.93. The Bertz CT molecular complexity index is 317. The van der Waals surface area contributed by atoms with Gasteiger partial charge < -0.3 is 28.4 Å². The van der Waals surface area contributed by atoms with Crippen LogP contribution in [-0.2, 0) is 38.0 Å². The first-order valence-electron chi connectivity index (χ1n) is 9.70. The molecule has 0 fully saturated rings. The third-order valence-corrected chi connectivity index (χ3v) is 3.21. The van der Waals surface area contributed by atoms with Crippen LogP contribution in [0.5, 0.6) is 0 Å². The minimum Gasteiger partial charge on any atom is -0.466 e. The van der Waals surface area contributed by atoms with Gasteiger partial charge in [-0.2, -0.15) is 0 Å². The van der Waals surface area contributed by atoms with E-state index in [9.17, 15) is 9.59 Å². The summed E-state index contributed by atoms with van der Waals surface area (Å²) in [5.74, 6) is -0.512. The topological polar surface area (TPSA) is 89.5 Å². The molecule has 0 heterocycles. The first-order chi connectivity index (χ1) is 13.1. The Hall–Kier alpha value is -1.22. The van der Waals surface area contributed by atoms with Crippen LogP contribution in [0.25, 0.3) is 0 Å². The fourth-order valence-electron chi connectivity index (χ4n) is 1.95. The third kappa shape index (κ3) is 24.8. The smallest absolute Gasteiger partial charge is 0.302 e. The van der Waals surface area contributed by atoms with Crippen LogP contribution in [0, 0.1) is 0 Å². The van der Waals surface area contributed by atoms with Crippen LogP contribution in [0.15, 0.2) is 0 Å². The van der Waals surface area contributed by atoms with Crippen LogP contribution in [-0.4, -0.2) is 78.0 Å². The normalized spacial score (nSPS) is 10.7. The van der Waals surface area contributed by atoms with Crippen molar-refractivity contribution in [3.8, 4) is 0 Å². The van der Waals surface area contributed by atoms with Gasteiger partial charge in [-0.25, -0.2) is 0 Å². The van der Waals surface area contributed by atoms with Crippen molar-refractivity contribution in [3.63, 3.8) is 0 Å². The quantitative estimate of drug-likeness (QED) is 0.230. The molecule has 0 aliphatic heterocycles. The zero-order chi connectivity index (χ0) is 20.0. The lowest BCUT2D eigenvalue weighted by Crippen LogP contribution is -2.08. The summed E-state index contributed by atoms with van der Waals surface area (Å²) in [7, 11) is 0. The monoisotopic (exact) mass is 392 g/mol. The van der Waals surface area contributed by atoms with E-state index in [4.69, 9.17) is 28.4 Å². The molecule has 0 aromatic heterocycles. The van der Waals surface area contributed by atoms with E-state index >= 15 is 0 Å². The number of ether oxygens (including phenoxy) is 6. The zero-order valence-corrected chi connectivity index (χ0v) is 16.9. The van der Waals surface area contributed by atoms with Gasteiger partial charge in [-0.1, -0.05) is 0 Å². The summed E-state index contributed by atoms with van der Waals surface area (Å²) in [5, 5.41) is 0. The molecule has 0 bridgehead atoms. The van der Waals surface area contributed by atoms with Gasteiger partial charge in [-0.15, -0.1) is 0 Å². The second-order valence-electron chi connectivity index (χ2n) is 5.90. The molecule has 0 radical (unpaired) electrons. The maximum absolute atomic E-state index is 10.5. The summed E-state index contributed by atoms with van der Waals surface area (Å²) >= 11 is 0. The highest BCUT2D eigenvalue weighted by Gasteiger charge is 1.96. The molecule has 0 rings (SSSR count). The molecule has 0 atom stereocenters. The summed E-state index contributed by atoms with van der Waals surface area (Å²) in [5.41, 5.74) is 0. The molecule has 0 aromatic rings. The number of hydrogen-bond acceptors (Lipinski definition) is 8. The van der Waals surface area contributed by atoms with Crippen molar-refractivity contribution in [2.45, 2.75) is 46.0 Å². The number of esters is 2. The Labute approximate surface area is 162 Å². The van der Waals surface area contributed by atoms with E-state index in [0.717, 1.165) is 32.1 Å². The maximum atomic E-state index is 10.5. The third-order valence-electron chi connectivity index (χ3n) is 3.21. The number of carbonyl (C=O) groups is 2. The summed E-state index contributed by atoms with van der Waals surface area (Å²) in [6, 6.07) is 0. The molecule has 0 saturated heterocycles. The summed E-state index contributed by atoms with van der Waals surface area (Å²) in [6.45, 7) is 8.81. The average molecular weight is 392 g/mol. The first kappa shape index (κ1) is 25.8. The Kier molecular flexibility index (Phi) is 20.1. The molecule has 160 valence electrons. The van der Waals surface area contributed by atoms with Crippen LogP contribution in [0.2, 0.25) is 0 Å². The molecule has 0 saturated carbocycles. The molecule has 0 spiro atoms. The molecule has 27 heavy (non-hydrogen) atoms. The van der Waals surface area contributed by atoms with Gasteiger partial charge in [0.15, 0.2) is 0 Å². The first-order valence-corrected chi connectivity index (χ1v) is 9.70. The SMILES string of the molecule is CC(=O)OCCCOCCCOCCCOCCCOCCCOC(C)=O. The van der Waals surface area contributed by atoms with E-state index in [0.29, 0.717) is 66.1 Å². The van der Waals surface area contributed by atoms with Crippen LogP contribution < -0.4 is 0 Å². The highest BCUT2D eigenvalue weighted by atomic mass is 16.5. The van der Waals surface area contributed by atoms with Crippen LogP contribution in [0.1, 0.15) is 46.0 Å². The largest absolute Gasteiger partial charge is 0.466 e. The van der Waals surface area contributed by atoms with Crippen molar-refractivity contribution in [3.05, 3.63) is 0 Å². The van der Waals surface area contributed by atoms with Gasteiger partial charge in [0.05, 0.1) is 13.2 Å². The Morgan fingerprint density at radius 3 is 0.889 bits per heavy atom. The molecule has 0 aromatic carbocycles. The molecule has 0 aliphatic carbocycles.